The molecule has 0 radical (unpaired) electrons. The van der Waals surface area contributed by atoms with Crippen LogP contribution in [0.5, 0.6) is 0 Å². The average Bonchev–Trinajstić information content (AvgIpc) is 2.64. The molecule has 2 N–H and O–H groups in total. The van der Waals surface area contributed by atoms with Crippen molar-refractivity contribution >= 4 is 22.9 Å². The highest BCUT2D eigenvalue weighted by Gasteiger charge is 1.98. The van der Waals surface area contributed by atoms with Crippen molar-refractivity contribution in [2.45, 2.75) is 0 Å². The smallest absolute Gasteiger partial charge is 0.240 e. The number of rotatable bonds is 4. The first kappa shape index (κ1) is 9.55. The molecular formula is C8H9N3OS. The molecule has 4 nitrogen and oxygen atoms in total. The van der Waals surface area contributed by atoms with Gasteiger partial charge in [-0.05, 0) is 11.4 Å². The fourth-order valence-corrected chi connectivity index (χ4v) is 1.36. The standard InChI is InChI=1S/C8H9N3OS/c9-2-3-10-8(12)5-11-7-1-4-13-6-7/h1,4,6,11H,3,5H2,(H,10,12). The highest BCUT2D eigenvalue weighted by atomic mass is 32.1. The summed E-state index contributed by atoms with van der Waals surface area (Å²) in [5.74, 6) is -0.173. The number of hydrogen-bond donors (Lipinski definition) is 2. The summed E-state index contributed by atoms with van der Waals surface area (Å²) in [5.41, 5.74) is 0.928. The molecule has 0 atom stereocenters. The topological polar surface area (TPSA) is 64.9 Å². The maximum absolute atomic E-state index is 11.0. The molecule has 1 heterocycles. The van der Waals surface area contributed by atoms with Gasteiger partial charge in [-0.3, -0.25) is 4.79 Å². The summed E-state index contributed by atoms with van der Waals surface area (Å²) >= 11 is 1.56. The molecule has 0 aliphatic carbocycles. The van der Waals surface area contributed by atoms with E-state index in [0.29, 0.717) is 0 Å². The van der Waals surface area contributed by atoms with Crippen LogP contribution in [-0.4, -0.2) is 19.0 Å². The van der Waals surface area contributed by atoms with Crippen molar-refractivity contribution in [1.29, 1.82) is 5.26 Å². The fraction of sp³-hybridized carbons (Fsp3) is 0.250. The molecule has 0 spiro atoms. The van der Waals surface area contributed by atoms with Gasteiger partial charge in [0, 0.05) is 11.1 Å². The van der Waals surface area contributed by atoms with Crippen molar-refractivity contribution < 1.29 is 4.79 Å². The Balaban J connectivity index is 2.20. The number of amides is 1. The summed E-state index contributed by atoms with van der Waals surface area (Å²) in [6, 6.07) is 3.73. The molecular weight excluding hydrogens is 186 g/mol. The van der Waals surface area contributed by atoms with E-state index in [0.717, 1.165) is 5.69 Å². The quantitative estimate of drug-likeness (QED) is 0.698. The summed E-state index contributed by atoms with van der Waals surface area (Å²) in [6.07, 6.45) is 0. The summed E-state index contributed by atoms with van der Waals surface area (Å²) < 4.78 is 0. The van der Waals surface area contributed by atoms with Crippen LogP contribution in [0.25, 0.3) is 0 Å². The molecule has 1 aromatic heterocycles. The van der Waals surface area contributed by atoms with Crippen LogP contribution in [0.2, 0.25) is 0 Å². The van der Waals surface area contributed by atoms with Gasteiger partial charge in [0.2, 0.25) is 5.91 Å². The van der Waals surface area contributed by atoms with E-state index in [1.54, 1.807) is 11.3 Å². The molecule has 1 rings (SSSR count). The van der Waals surface area contributed by atoms with Crippen molar-refractivity contribution in [3.63, 3.8) is 0 Å². The van der Waals surface area contributed by atoms with Gasteiger partial charge >= 0.3 is 0 Å². The average molecular weight is 195 g/mol. The van der Waals surface area contributed by atoms with Gasteiger partial charge in [-0.25, -0.2) is 0 Å². The van der Waals surface area contributed by atoms with Crippen LogP contribution in [0.4, 0.5) is 5.69 Å². The van der Waals surface area contributed by atoms with Crippen molar-refractivity contribution in [1.82, 2.24) is 5.32 Å². The van der Waals surface area contributed by atoms with E-state index in [1.807, 2.05) is 22.9 Å². The zero-order chi connectivity index (χ0) is 9.52. The zero-order valence-electron chi connectivity index (χ0n) is 6.91. The normalized spacial score (nSPS) is 8.85. The van der Waals surface area contributed by atoms with Gasteiger partial charge in [0.15, 0.2) is 0 Å². The van der Waals surface area contributed by atoms with Gasteiger partial charge < -0.3 is 10.6 Å². The minimum Gasteiger partial charge on any atom is -0.375 e. The van der Waals surface area contributed by atoms with Gasteiger partial charge in [-0.1, -0.05) is 0 Å². The number of nitriles is 1. The van der Waals surface area contributed by atoms with Crippen molar-refractivity contribution in [2.24, 2.45) is 0 Å². The third kappa shape index (κ3) is 3.58. The largest absolute Gasteiger partial charge is 0.375 e. The highest BCUT2D eigenvalue weighted by molar-refractivity contribution is 7.08. The van der Waals surface area contributed by atoms with E-state index in [4.69, 9.17) is 5.26 Å². The predicted molar refractivity (Wildman–Crippen MR) is 51.4 cm³/mol. The lowest BCUT2D eigenvalue weighted by atomic mass is 10.5. The Hall–Kier alpha value is -1.54. The molecule has 0 aliphatic heterocycles. The van der Waals surface area contributed by atoms with Crippen LogP contribution in [-0.2, 0) is 4.79 Å². The summed E-state index contributed by atoms with van der Waals surface area (Å²) in [5, 5.41) is 17.4. The van der Waals surface area contributed by atoms with Gasteiger partial charge in [0.1, 0.15) is 6.54 Å². The third-order valence-corrected chi connectivity index (χ3v) is 2.02. The molecule has 0 fully saturated rings. The Labute approximate surface area is 80.2 Å². The maximum Gasteiger partial charge on any atom is 0.240 e. The molecule has 0 saturated heterocycles. The Morgan fingerprint density at radius 2 is 2.54 bits per heavy atom. The van der Waals surface area contributed by atoms with Crippen molar-refractivity contribution in [3.8, 4) is 6.07 Å². The second-order valence-electron chi connectivity index (χ2n) is 2.30. The SMILES string of the molecule is N#CCNC(=O)CNc1ccsc1. The first-order chi connectivity index (χ1) is 6.33. The number of nitrogens with one attached hydrogen (secondary N) is 2. The second kappa shape index (κ2) is 5.17. The molecule has 0 aliphatic rings. The maximum atomic E-state index is 11.0. The lowest BCUT2D eigenvalue weighted by Crippen LogP contribution is -2.29. The van der Waals surface area contributed by atoms with Gasteiger partial charge in [0.05, 0.1) is 12.6 Å². The zero-order valence-corrected chi connectivity index (χ0v) is 7.73. The van der Waals surface area contributed by atoms with Crippen LogP contribution in [0.3, 0.4) is 0 Å². The molecule has 0 aromatic carbocycles. The molecule has 13 heavy (non-hydrogen) atoms. The van der Waals surface area contributed by atoms with Crippen molar-refractivity contribution in [2.75, 3.05) is 18.4 Å². The first-order valence-electron chi connectivity index (χ1n) is 3.72. The van der Waals surface area contributed by atoms with Crippen LogP contribution in [0.15, 0.2) is 16.8 Å². The number of hydrogen-bond acceptors (Lipinski definition) is 4. The summed E-state index contributed by atoms with van der Waals surface area (Å²) in [6.45, 7) is 0.266. The predicted octanol–water partition coefficient (Wildman–Crippen LogP) is 0.800. The Morgan fingerprint density at radius 3 is 3.15 bits per heavy atom. The lowest BCUT2D eigenvalue weighted by molar-refractivity contribution is -0.119. The number of anilines is 1. The van der Waals surface area contributed by atoms with E-state index in [1.165, 1.54) is 0 Å². The van der Waals surface area contributed by atoms with Gasteiger partial charge in [-0.15, -0.1) is 0 Å². The van der Waals surface area contributed by atoms with Crippen LogP contribution in [0.1, 0.15) is 0 Å². The highest BCUT2D eigenvalue weighted by Crippen LogP contribution is 2.10. The third-order valence-electron chi connectivity index (χ3n) is 1.34. The molecule has 0 unspecified atom stereocenters. The molecule has 1 aromatic rings. The van der Waals surface area contributed by atoms with Gasteiger partial charge in [0.25, 0.3) is 0 Å². The summed E-state index contributed by atoms with van der Waals surface area (Å²) in [7, 11) is 0. The molecule has 5 heteroatoms. The number of nitrogens with zero attached hydrogens (tertiary/aromatic N) is 1. The van der Waals surface area contributed by atoms with Crippen molar-refractivity contribution in [3.05, 3.63) is 16.8 Å². The van der Waals surface area contributed by atoms with E-state index in [9.17, 15) is 4.79 Å². The fourth-order valence-electron chi connectivity index (χ4n) is 0.748. The van der Waals surface area contributed by atoms with Gasteiger partial charge in [-0.2, -0.15) is 16.6 Å². The molecule has 0 saturated carbocycles. The van der Waals surface area contributed by atoms with E-state index < -0.39 is 0 Å². The molecule has 68 valence electrons. The lowest BCUT2D eigenvalue weighted by Gasteiger charge is -2.02. The minimum atomic E-state index is -0.173. The number of thiophene rings is 1. The van der Waals surface area contributed by atoms with Crippen LogP contribution < -0.4 is 10.6 Å². The van der Waals surface area contributed by atoms with E-state index in [2.05, 4.69) is 10.6 Å². The monoisotopic (exact) mass is 195 g/mol. The second-order valence-corrected chi connectivity index (χ2v) is 3.08. The Bertz CT molecular complexity index is 302. The Kier molecular flexibility index (Phi) is 3.79. The van der Waals surface area contributed by atoms with Crippen LogP contribution >= 0.6 is 11.3 Å². The molecule has 1 amide bonds. The number of carbonyl (C=O) groups excluding carboxylic acids is 1. The van der Waals surface area contributed by atoms with Crippen LogP contribution in [0, 0.1) is 11.3 Å². The first-order valence-corrected chi connectivity index (χ1v) is 4.67. The minimum absolute atomic E-state index is 0.0597. The van der Waals surface area contributed by atoms with E-state index in [-0.39, 0.29) is 19.0 Å². The summed E-state index contributed by atoms with van der Waals surface area (Å²) in [4.78, 5) is 11.0. The number of carbonyl (C=O) groups is 1. The molecule has 0 bridgehead atoms. The Morgan fingerprint density at radius 1 is 1.69 bits per heavy atom. The van der Waals surface area contributed by atoms with E-state index >= 15 is 0 Å².